The predicted octanol–water partition coefficient (Wildman–Crippen LogP) is 6.26. The van der Waals surface area contributed by atoms with Gasteiger partial charge in [0, 0.05) is 25.5 Å². The molecule has 8 heteroatoms. The maximum absolute atomic E-state index is 8.47. The molecule has 0 saturated heterocycles. The summed E-state index contributed by atoms with van der Waals surface area (Å²) >= 11 is 24.0. The van der Waals surface area contributed by atoms with Gasteiger partial charge in [0.05, 0.1) is 26.7 Å². The van der Waals surface area contributed by atoms with Crippen LogP contribution >= 0.6 is 46.4 Å². The van der Waals surface area contributed by atoms with Crippen molar-refractivity contribution in [3.63, 3.8) is 0 Å². The van der Waals surface area contributed by atoms with Gasteiger partial charge in [0.1, 0.15) is 0 Å². The first-order chi connectivity index (χ1) is 13.5. The molecule has 0 aliphatic carbocycles. The van der Waals surface area contributed by atoms with Gasteiger partial charge in [0.25, 0.3) is 0 Å². The Kier molecular flexibility index (Phi) is 9.85. The van der Waals surface area contributed by atoms with E-state index in [-0.39, 0.29) is 6.61 Å². The highest BCUT2D eigenvalue weighted by molar-refractivity contribution is 6.38. The Bertz CT molecular complexity index is 789. The topological polar surface area (TPSA) is 54.4 Å². The summed E-state index contributed by atoms with van der Waals surface area (Å²) in [6, 6.07) is 14.0. The van der Waals surface area contributed by atoms with Crippen LogP contribution in [-0.4, -0.2) is 23.2 Å². The van der Waals surface area contributed by atoms with E-state index in [0.717, 1.165) is 12.1 Å². The highest BCUT2D eigenvalue weighted by Gasteiger charge is 2.12. The van der Waals surface area contributed by atoms with Crippen molar-refractivity contribution < 1.29 is 9.84 Å². The number of aliphatic hydroxyl groups excluding tert-OH is 1. The van der Waals surface area contributed by atoms with Gasteiger partial charge < -0.3 is 15.2 Å². The Labute approximate surface area is 184 Å². The van der Waals surface area contributed by atoms with Crippen LogP contribution in [0.25, 0.3) is 0 Å². The first-order valence-electron chi connectivity index (χ1n) is 8.29. The summed E-state index contributed by atoms with van der Waals surface area (Å²) < 4.78 is 5.57. The summed E-state index contributed by atoms with van der Waals surface area (Å²) in [7, 11) is 0. The molecule has 2 N–H and O–H groups in total. The zero-order valence-corrected chi connectivity index (χ0v) is 17.7. The third-order valence-electron chi connectivity index (χ3n) is 3.38. The molecule has 0 aliphatic heterocycles. The number of nitrogens with one attached hydrogen (secondary N) is 1. The second kappa shape index (κ2) is 12.1. The lowest BCUT2D eigenvalue weighted by Crippen LogP contribution is -2.17. The number of halogens is 4. The van der Waals surface area contributed by atoms with E-state index in [1.54, 1.807) is 42.6 Å². The zero-order chi connectivity index (χ0) is 20.4. The van der Waals surface area contributed by atoms with Crippen molar-refractivity contribution in [2.75, 3.05) is 13.2 Å². The van der Waals surface area contributed by atoms with Gasteiger partial charge in [-0.1, -0.05) is 64.6 Å². The maximum atomic E-state index is 8.47. The highest BCUT2D eigenvalue weighted by atomic mass is 35.5. The minimum Gasteiger partial charge on any atom is -0.451 e. The fourth-order valence-corrected chi connectivity index (χ4v) is 3.03. The summed E-state index contributed by atoms with van der Waals surface area (Å²) in [5.41, 5.74) is 1.14. The average Bonchev–Trinajstić information content (AvgIpc) is 2.68. The first kappa shape index (κ1) is 22.8. The van der Waals surface area contributed by atoms with Gasteiger partial charge in [0.15, 0.2) is 11.5 Å². The normalized spacial score (nSPS) is 10.2. The number of aliphatic hydroxyl groups is 1. The minimum atomic E-state index is 0.181. The molecule has 0 fully saturated rings. The predicted molar refractivity (Wildman–Crippen MR) is 116 cm³/mol. The van der Waals surface area contributed by atoms with Crippen molar-refractivity contribution in [1.29, 1.82) is 0 Å². The Morgan fingerprint density at radius 3 is 1.79 bits per heavy atom. The summed E-state index contributed by atoms with van der Waals surface area (Å²) in [6.45, 7) is 1.59. The molecule has 0 aliphatic rings. The van der Waals surface area contributed by atoms with E-state index in [1.807, 2.05) is 18.3 Å². The van der Waals surface area contributed by atoms with Crippen molar-refractivity contribution in [2.24, 2.45) is 0 Å². The van der Waals surface area contributed by atoms with Gasteiger partial charge in [0.2, 0.25) is 0 Å². The molecule has 0 unspecified atom stereocenters. The van der Waals surface area contributed by atoms with Crippen LogP contribution in [0.3, 0.4) is 0 Å². The van der Waals surface area contributed by atoms with Gasteiger partial charge >= 0.3 is 0 Å². The zero-order valence-electron chi connectivity index (χ0n) is 14.7. The third kappa shape index (κ3) is 7.13. The number of benzene rings is 2. The van der Waals surface area contributed by atoms with Crippen molar-refractivity contribution in [3.8, 4) is 11.5 Å². The van der Waals surface area contributed by atoms with Gasteiger partial charge in [-0.3, -0.25) is 4.98 Å². The molecule has 2 aromatic carbocycles. The summed E-state index contributed by atoms with van der Waals surface area (Å²) in [5, 5.41) is 13.1. The Hall–Kier alpha value is -1.53. The molecule has 0 atom stereocenters. The number of hydrogen-bond acceptors (Lipinski definition) is 4. The number of pyridine rings is 1. The molecule has 0 bridgehead atoms. The standard InChI is InChI=1S/C12H6Cl4O.C8H12N2O/c13-7-3-1-4-8(14)11(7)17-12-9(15)5-2-6-10(12)16;11-5-4-10-7-8-2-1-3-9-6-8/h1-6H;1-3,6,10-11H,4-5,7H2. The summed E-state index contributed by atoms with van der Waals surface area (Å²) in [4.78, 5) is 3.96. The Balaban J connectivity index is 0.000000221. The summed E-state index contributed by atoms with van der Waals surface area (Å²) in [5.74, 6) is 0.677. The van der Waals surface area contributed by atoms with Crippen LogP contribution in [0.15, 0.2) is 60.9 Å². The number of hydrogen-bond donors (Lipinski definition) is 2. The van der Waals surface area contributed by atoms with Crippen LogP contribution in [0.2, 0.25) is 20.1 Å². The van der Waals surface area contributed by atoms with Gasteiger partial charge in [-0.25, -0.2) is 0 Å². The maximum Gasteiger partial charge on any atom is 0.164 e. The third-order valence-corrected chi connectivity index (χ3v) is 4.57. The number of para-hydroxylation sites is 2. The number of rotatable bonds is 6. The van der Waals surface area contributed by atoms with Crippen LogP contribution in [0.5, 0.6) is 11.5 Å². The van der Waals surface area contributed by atoms with Crippen LogP contribution in [0.1, 0.15) is 5.56 Å². The molecule has 0 spiro atoms. The van der Waals surface area contributed by atoms with E-state index in [2.05, 4.69) is 10.3 Å². The average molecular weight is 460 g/mol. The number of nitrogens with zero attached hydrogens (tertiary/aromatic N) is 1. The van der Waals surface area contributed by atoms with E-state index in [1.165, 1.54) is 0 Å². The lowest BCUT2D eigenvalue weighted by molar-refractivity contribution is 0.292. The lowest BCUT2D eigenvalue weighted by atomic mass is 10.3. The molecule has 1 aromatic heterocycles. The second-order valence-corrected chi connectivity index (χ2v) is 7.09. The monoisotopic (exact) mass is 458 g/mol. The molecular weight excluding hydrogens is 442 g/mol. The van der Waals surface area contributed by atoms with E-state index < -0.39 is 0 Å². The lowest BCUT2D eigenvalue weighted by Gasteiger charge is -2.11. The SMILES string of the molecule is Clc1cccc(Cl)c1Oc1c(Cl)cccc1Cl.OCCNCc1cccnc1. The molecular formula is C20H18Cl4N2O2. The molecule has 1 heterocycles. The molecule has 0 saturated carbocycles. The quantitative estimate of drug-likeness (QED) is 0.427. The molecule has 148 valence electrons. The van der Waals surface area contributed by atoms with Crippen LogP contribution < -0.4 is 10.1 Å². The molecule has 0 amide bonds. The molecule has 3 rings (SSSR count). The first-order valence-corrected chi connectivity index (χ1v) is 9.80. The molecule has 4 nitrogen and oxygen atoms in total. The minimum absolute atomic E-state index is 0.181. The largest absolute Gasteiger partial charge is 0.451 e. The smallest absolute Gasteiger partial charge is 0.164 e. The van der Waals surface area contributed by atoms with Crippen LogP contribution in [0, 0.1) is 0 Å². The van der Waals surface area contributed by atoms with Gasteiger partial charge in [-0.05, 0) is 35.9 Å². The van der Waals surface area contributed by atoms with Crippen LogP contribution in [0.4, 0.5) is 0 Å². The van der Waals surface area contributed by atoms with Gasteiger partial charge in [-0.2, -0.15) is 0 Å². The van der Waals surface area contributed by atoms with E-state index in [0.29, 0.717) is 38.1 Å². The summed E-state index contributed by atoms with van der Waals surface area (Å²) in [6.07, 6.45) is 3.56. The highest BCUT2D eigenvalue weighted by Crippen LogP contribution is 2.41. The fourth-order valence-electron chi connectivity index (χ4n) is 2.08. The second-order valence-electron chi connectivity index (χ2n) is 5.47. The van der Waals surface area contributed by atoms with Gasteiger partial charge in [-0.15, -0.1) is 0 Å². The molecule has 28 heavy (non-hydrogen) atoms. The Morgan fingerprint density at radius 1 is 0.821 bits per heavy atom. The Morgan fingerprint density at radius 2 is 1.36 bits per heavy atom. The molecule has 3 aromatic rings. The van der Waals surface area contributed by atoms with E-state index in [9.17, 15) is 0 Å². The molecule has 0 radical (unpaired) electrons. The van der Waals surface area contributed by atoms with E-state index >= 15 is 0 Å². The van der Waals surface area contributed by atoms with Crippen molar-refractivity contribution in [1.82, 2.24) is 10.3 Å². The fraction of sp³-hybridized carbons (Fsp3) is 0.150. The van der Waals surface area contributed by atoms with Crippen LogP contribution in [-0.2, 0) is 6.54 Å². The van der Waals surface area contributed by atoms with Crippen molar-refractivity contribution in [3.05, 3.63) is 86.6 Å². The number of ether oxygens (including phenoxy) is 1. The van der Waals surface area contributed by atoms with E-state index in [4.69, 9.17) is 56.2 Å². The van der Waals surface area contributed by atoms with Crippen molar-refractivity contribution >= 4 is 46.4 Å². The number of aromatic nitrogens is 1. The van der Waals surface area contributed by atoms with Crippen molar-refractivity contribution in [2.45, 2.75) is 6.54 Å².